The lowest BCUT2D eigenvalue weighted by Crippen LogP contribution is -2.38. The Morgan fingerprint density at radius 3 is 2.70 bits per heavy atom. The van der Waals surface area contributed by atoms with Gasteiger partial charge in [0.15, 0.2) is 6.10 Å². The molecule has 1 aliphatic carbocycles. The van der Waals surface area contributed by atoms with Gasteiger partial charge in [0.1, 0.15) is 5.75 Å². The first-order valence-electron chi connectivity index (χ1n) is 9.96. The average molecular weight is 367 g/mol. The second-order valence-electron chi connectivity index (χ2n) is 7.26. The fraction of sp³-hybridized carbons (Fsp3) is 0.435. The Balaban J connectivity index is 1.43. The number of benzene rings is 2. The Labute approximate surface area is 162 Å². The van der Waals surface area contributed by atoms with Crippen LogP contribution in [0.4, 0.5) is 5.69 Å². The van der Waals surface area contributed by atoms with Crippen LogP contribution in [0, 0.1) is 0 Å². The van der Waals surface area contributed by atoms with Crippen LogP contribution in [0.15, 0.2) is 48.5 Å². The summed E-state index contributed by atoms with van der Waals surface area (Å²) in [6.07, 6.45) is 5.01. The molecule has 0 saturated heterocycles. The minimum atomic E-state index is -0.481. The number of nitrogens with zero attached hydrogens (tertiary/aromatic N) is 1. The summed E-state index contributed by atoms with van der Waals surface area (Å²) in [5.41, 5.74) is 3.84. The summed E-state index contributed by atoms with van der Waals surface area (Å²) in [6, 6.07) is 16.5. The van der Waals surface area contributed by atoms with Crippen LogP contribution in [0.5, 0.6) is 5.75 Å². The zero-order valence-corrected chi connectivity index (χ0v) is 16.4. The number of amides is 1. The molecule has 1 unspecified atom stereocenters. The number of carbonyl (C=O) groups is 1. The lowest BCUT2D eigenvalue weighted by Gasteiger charge is -2.22. The fourth-order valence-electron chi connectivity index (χ4n) is 3.58. The Bertz CT molecular complexity index is 745. The maximum Gasteiger partial charge on any atom is 0.260 e. The zero-order chi connectivity index (χ0) is 19.1. The van der Waals surface area contributed by atoms with Crippen molar-refractivity contribution in [2.24, 2.45) is 0 Å². The van der Waals surface area contributed by atoms with Gasteiger partial charge in [-0.3, -0.25) is 4.79 Å². The molecule has 0 fully saturated rings. The van der Waals surface area contributed by atoms with E-state index >= 15 is 0 Å². The molecular formula is C23H30N2O2. The molecule has 0 heterocycles. The summed E-state index contributed by atoms with van der Waals surface area (Å²) < 4.78 is 6.00. The first-order chi connectivity index (χ1) is 13.1. The van der Waals surface area contributed by atoms with Crippen LogP contribution < -0.4 is 15.0 Å². The molecule has 27 heavy (non-hydrogen) atoms. The molecule has 4 heteroatoms. The first-order valence-corrected chi connectivity index (χ1v) is 9.96. The monoisotopic (exact) mass is 366 g/mol. The van der Waals surface area contributed by atoms with E-state index in [1.807, 2.05) is 37.3 Å². The van der Waals surface area contributed by atoms with E-state index in [4.69, 9.17) is 4.74 Å². The van der Waals surface area contributed by atoms with Gasteiger partial charge >= 0.3 is 0 Å². The van der Waals surface area contributed by atoms with Crippen LogP contribution in [-0.2, 0) is 17.6 Å². The van der Waals surface area contributed by atoms with E-state index in [0.717, 1.165) is 31.6 Å². The summed E-state index contributed by atoms with van der Waals surface area (Å²) in [5.74, 6) is 0.824. The SMILES string of the molecule is CC(Oc1cccc2c1CCCC2)C(=O)NCCCN(C)c1ccccc1. The molecule has 0 radical (unpaired) electrons. The maximum atomic E-state index is 12.4. The van der Waals surface area contributed by atoms with Crippen molar-refractivity contribution in [1.82, 2.24) is 5.32 Å². The van der Waals surface area contributed by atoms with E-state index in [0.29, 0.717) is 6.54 Å². The van der Waals surface area contributed by atoms with Gasteiger partial charge in [0.2, 0.25) is 0 Å². The molecule has 144 valence electrons. The van der Waals surface area contributed by atoms with Gasteiger partial charge in [0.25, 0.3) is 5.91 Å². The van der Waals surface area contributed by atoms with Gasteiger partial charge in [0.05, 0.1) is 0 Å². The van der Waals surface area contributed by atoms with E-state index in [1.165, 1.54) is 29.7 Å². The van der Waals surface area contributed by atoms with Crippen molar-refractivity contribution >= 4 is 11.6 Å². The van der Waals surface area contributed by atoms with Gasteiger partial charge in [0, 0.05) is 25.8 Å². The summed E-state index contributed by atoms with van der Waals surface area (Å²) in [7, 11) is 2.07. The predicted molar refractivity (Wildman–Crippen MR) is 111 cm³/mol. The Morgan fingerprint density at radius 1 is 1.11 bits per heavy atom. The smallest absolute Gasteiger partial charge is 0.260 e. The second kappa shape index (κ2) is 9.45. The highest BCUT2D eigenvalue weighted by atomic mass is 16.5. The molecule has 3 rings (SSSR count). The number of rotatable bonds is 8. The topological polar surface area (TPSA) is 41.6 Å². The highest BCUT2D eigenvalue weighted by Gasteiger charge is 2.19. The summed E-state index contributed by atoms with van der Waals surface area (Å²) in [5, 5.41) is 3.00. The van der Waals surface area contributed by atoms with Gasteiger partial charge in [-0.15, -0.1) is 0 Å². The predicted octanol–water partition coefficient (Wildman–Crippen LogP) is 3.98. The van der Waals surface area contributed by atoms with Crippen molar-refractivity contribution in [1.29, 1.82) is 0 Å². The van der Waals surface area contributed by atoms with Gasteiger partial charge < -0.3 is 15.0 Å². The number of hydrogen-bond donors (Lipinski definition) is 1. The van der Waals surface area contributed by atoms with Crippen molar-refractivity contribution in [2.45, 2.75) is 45.1 Å². The molecule has 1 aliphatic rings. The number of hydrogen-bond acceptors (Lipinski definition) is 3. The van der Waals surface area contributed by atoms with Crippen molar-refractivity contribution in [3.63, 3.8) is 0 Å². The fourth-order valence-corrected chi connectivity index (χ4v) is 3.58. The molecule has 1 amide bonds. The lowest BCUT2D eigenvalue weighted by atomic mass is 9.91. The number of aryl methyl sites for hydroxylation is 1. The van der Waals surface area contributed by atoms with Gasteiger partial charge in [-0.25, -0.2) is 0 Å². The standard InChI is InChI=1S/C23H30N2O2/c1-18(27-22-15-8-11-19-10-6-7-14-21(19)22)23(26)24-16-9-17-25(2)20-12-4-3-5-13-20/h3-5,8,11-13,15,18H,6-7,9-10,14,16-17H2,1-2H3,(H,24,26). The third-order valence-electron chi connectivity index (χ3n) is 5.19. The van der Waals surface area contributed by atoms with E-state index < -0.39 is 6.10 Å². The molecule has 4 nitrogen and oxygen atoms in total. The van der Waals surface area contributed by atoms with E-state index in [9.17, 15) is 4.79 Å². The minimum Gasteiger partial charge on any atom is -0.481 e. The number of carbonyl (C=O) groups excluding carboxylic acids is 1. The molecule has 0 aliphatic heterocycles. The largest absolute Gasteiger partial charge is 0.481 e. The van der Waals surface area contributed by atoms with Crippen LogP contribution >= 0.6 is 0 Å². The van der Waals surface area contributed by atoms with Gasteiger partial charge in [-0.05, 0) is 68.4 Å². The molecule has 2 aromatic carbocycles. The van der Waals surface area contributed by atoms with Gasteiger partial charge in [-0.1, -0.05) is 30.3 Å². The highest BCUT2D eigenvalue weighted by Crippen LogP contribution is 2.30. The van der Waals surface area contributed by atoms with Crippen LogP contribution in [0.2, 0.25) is 0 Å². The Morgan fingerprint density at radius 2 is 1.89 bits per heavy atom. The number of anilines is 1. The van der Waals surface area contributed by atoms with E-state index in [-0.39, 0.29) is 5.91 Å². The van der Waals surface area contributed by atoms with Gasteiger partial charge in [-0.2, -0.15) is 0 Å². The zero-order valence-electron chi connectivity index (χ0n) is 16.4. The lowest BCUT2D eigenvalue weighted by molar-refractivity contribution is -0.127. The third-order valence-corrected chi connectivity index (χ3v) is 5.19. The maximum absolute atomic E-state index is 12.4. The van der Waals surface area contributed by atoms with Crippen LogP contribution in [0.3, 0.4) is 0 Å². The number of para-hydroxylation sites is 1. The molecule has 0 saturated carbocycles. The van der Waals surface area contributed by atoms with E-state index in [1.54, 1.807) is 0 Å². The minimum absolute atomic E-state index is 0.0502. The number of ether oxygens (including phenoxy) is 1. The second-order valence-corrected chi connectivity index (χ2v) is 7.26. The molecular weight excluding hydrogens is 336 g/mol. The van der Waals surface area contributed by atoms with Crippen molar-refractivity contribution < 1.29 is 9.53 Å². The molecule has 1 atom stereocenters. The first kappa shape index (κ1) is 19.3. The van der Waals surface area contributed by atoms with Crippen molar-refractivity contribution in [2.75, 3.05) is 25.0 Å². The quantitative estimate of drug-likeness (QED) is 0.719. The Kier molecular flexibility index (Phi) is 6.74. The normalized spacial score (nSPS) is 14.1. The average Bonchev–Trinajstić information content (AvgIpc) is 2.71. The summed E-state index contributed by atoms with van der Waals surface area (Å²) in [6.45, 7) is 3.37. The molecule has 1 N–H and O–H groups in total. The summed E-state index contributed by atoms with van der Waals surface area (Å²) in [4.78, 5) is 14.6. The molecule has 0 bridgehead atoms. The molecule has 0 spiro atoms. The van der Waals surface area contributed by atoms with Crippen molar-refractivity contribution in [3.05, 3.63) is 59.7 Å². The van der Waals surface area contributed by atoms with E-state index in [2.05, 4.69) is 35.5 Å². The summed E-state index contributed by atoms with van der Waals surface area (Å²) >= 11 is 0. The highest BCUT2D eigenvalue weighted by molar-refractivity contribution is 5.80. The number of nitrogens with one attached hydrogen (secondary N) is 1. The molecule has 0 aromatic heterocycles. The third kappa shape index (κ3) is 5.25. The van der Waals surface area contributed by atoms with Crippen molar-refractivity contribution in [3.8, 4) is 5.75 Å². The number of fused-ring (bicyclic) bond motifs is 1. The molecule has 2 aromatic rings. The van der Waals surface area contributed by atoms with Crippen LogP contribution in [0.25, 0.3) is 0 Å². The van der Waals surface area contributed by atoms with Crippen LogP contribution in [0.1, 0.15) is 37.3 Å². The Hall–Kier alpha value is -2.49. The van der Waals surface area contributed by atoms with Crippen LogP contribution in [-0.4, -0.2) is 32.1 Å².